The van der Waals surface area contributed by atoms with E-state index in [0.717, 1.165) is 37.1 Å². The van der Waals surface area contributed by atoms with Gasteiger partial charge in [-0.2, -0.15) is 0 Å². The molecule has 0 radical (unpaired) electrons. The number of nitrogens with two attached hydrogens (primary N) is 1. The molecule has 2 amide bonds. The molecule has 6 nitrogen and oxygen atoms in total. The smallest absolute Gasteiger partial charge is 0.238 e. The maximum atomic E-state index is 12.3. The highest BCUT2D eigenvalue weighted by Gasteiger charge is 2.25. The summed E-state index contributed by atoms with van der Waals surface area (Å²) in [7, 11) is 3.69. The van der Waals surface area contributed by atoms with Gasteiger partial charge in [-0.05, 0) is 57.6 Å². The molecule has 0 saturated heterocycles. The highest BCUT2D eigenvalue weighted by atomic mass is 35.5. The molecule has 142 valence electrons. The number of rotatable bonds is 5. The van der Waals surface area contributed by atoms with E-state index in [1.807, 2.05) is 14.1 Å². The molecule has 25 heavy (non-hydrogen) atoms. The van der Waals surface area contributed by atoms with E-state index in [4.69, 9.17) is 5.73 Å². The Balaban J connectivity index is 0.00000288. The zero-order chi connectivity index (χ0) is 16.8. The van der Waals surface area contributed by atoms with E-state index in [0.29, 0.717) is 6.54 Å². The number of halogens is 2. The average molecular weight is 391 g/mol. The van der Waals surface area contributed by atoms with Crippen LogP contribution in [0.5, 0.6) is 0 Å². The molecular weight excluding hydrogens is 363 g/mol. The van der Waals surface area contributed by atoms with E-state index in [9.17, 15) is 9.59 Å². The Morgan fingerprint density at radius 2 is 1.64 bits per heavy atom. The molecule has 1 fully saturated rings. The summed E-state index contributed by atoms with van der Waals surface area (Å²) >= 11 is 0. The Hall–Kier alpha value is -1.34. The number of nitrogens with one attached hydrogen (secondary N) is 2. The standard InChI is InChI=1S/C17H26N4O2.2ClH/c1-21(2)11-16(22)19-14-6-8-15(9-7-14)20-17(23)12-4-3-5-13(18)10-12;;/h6-9,12-13H,3-5,10-11,18H2,1-2H3,(H,19,22)(H,20,23);2*1H. The summed E-state index contributed by atoms with van der Waals surface area (Å²) in [4.78, 5) is 25.7. The number of benzene rings is 1. The number of hydrogen-bond donors (Lipinski definition) is 3. The van der Waals surface area contributed by atoms with Crippen molar-refractivity contribution >= 4 is 48.0 Å². The molecular formula is C17H28Cl2N4O2. The van der Waals surface area contributed by atoms with Crippen LogP contribution in [0.2, 0.25) is 0 Å². The summed E-state index contributed by atoms with van der Waals surface area (Å²) in [6, 6.07) is 7.30. The highest BCUT2D eigenvalue weighted by Crippen LogP contribution is 2.24. The fraction of sp³-hybridized carbons (Fsp3) is 0.529. The van der Waals surface area contributed by atoms with Crippen LogP contribution in [0.4, 0.5) is 11.4 Å². The van der Waals surface area contributed by atoms with Gasteiger partial charge in [0.15, 0.2) is 0 Å². The quantitative estimate of drug-likeness (QED) is 0.720. The van der Waals surface area contributed by atoms with Gasteiger partial charge in [0.05, 0.1) is 6.54 Å². The third-order valence-corrected chi connectivity index (χ3v) is 3.98. The zero-order valence-corrected chi connectivity index (χ0v) is 16.3. The number of nitrogens with zero attached hydrogens (tertiary/aromatic N) is 1. The summed E-state index contributed by atoms with van der Waals surface area (Å²) in [5.41, 5.74) is 7.39. The lowest BCUT2D eigenvalue weighted by Gasteiger charge is -2.25. The molecule has 0 aromatic heterocycles. The molecule has 0 spiro atoms. The Bertz CT molecular complexity index is 552. The molecule has 1 aromatic carbocycles. The van der Waals surface area contributed by atoms with Crippen LogP contribution in [0, 0.1) is 5.92 Å². The molecule has 2 atom stereocenters. The first kappa shape index (κ1) is 23.7. The van der Waals surface area contributed by atoms with Gasteiger partial charge in [0.2, 0.25) is 11.8 Å². The van der Waals surface area contributed by atoms with E-state index in [1.54, 1.807) is 29.2 Å². The number of hydrogen-bond acceptors (Lipinski definition) is 4. The Kier molecular flexibility index (Phi) is 10.7. The maximum Gasteiger partial charge on any atom is 0.238 e. The first-order chi connectivity index (χ1) is 10.9. The van der Waals surface area contributed by atoms with Gasteiger partial charge in [-0.15, -0.1) is 24.8 Å². The number of carbonyl (C=O) groups excluding carboxylic acids is 2. The minimum atomic E-state index is -0.0667. The van der Waals surface area contributed by atoms with E-state index in [-0.39, 0.29) is 48.6 Å². The summed E-state index contributed by atoms with van der Waals surface area (Å²) < 4.78 is 0. The van der Waals surface area contributed by atoms with Crippen molar-refractivity contribution in [3.05, 3.63) is 24.3 Å². The van der Waals surface area contributed by atoms with Gasteiger partial charge in [-0.3, -0.25) is 9.59 Å². The van der Waals surface area contributed by atoms with Gasteiger partial charge in [-0.25, -0.2) is 0 Å². The summed E-state index contributed by atoms with van der Waals surface area (Å²) in [6.07, 6.45) is 3.67. The molecule has 0 aliphatic heterocycles. The monoisotopic (exact) mass is 390 g/mol. The van der Waals surface area contributed by atoms with Gasteiger partial charge in [0, 0.05) is 23.3 Å². The minimum Gasteiger partial charge on any atom is -0.328 e. The van der Waals surface area contributed by atoms with Crippen molar-refractivity contribution in [1.29, 1.82) is 0 Å². The molecule has 2 unspecified atom stereocenters. The third kappa shape index (κ3) is 8.05. The van der Waals surface area contributed by atoms with Crippen LogP contribution in [0.25, 0.3) is 0 Å². The first-order valence-corrected chi connectivity index (χ1v) is 8.05. The SMILES string of the molecule is CN(C)CC(=O)Nc1ccc(NC(=O)C2CCCC(N)C2)cc1.Cl.Cl. The van der Waals surface area contributed by atoms with Crippen LogP contribution in [-0.2, 0) is 9.59 Å². The van der Waals surface area contributed by atoms with Gasteiger partial charge < -0.3 is 21.3 Å². The molecule has 1 aromatic rings. The predicted molar refractivity (Wildman–Crippen MR) is 107 cm³/mol. The first-order valence-electron chi connectivity index (χ1n) is 8.05. The number of likely N-dealkylation sites (N-methyl/N-ethyl adjacent to an activating group) is 1. The third-order valence-electron chi connectivity index (χ3n) is 3.98. The number of carbonyl (C=O) groups is 2. The average Bonchev–Trinajstić information content (AvgIpc) is 2.48. The summed E-state index contributed by atoms with van der Waals surface area (Å²) in [6.45, 7) is 0.334. The Morgan fingerprint density at radius 3 is 2.16 bits per heavy atom. The largest absolute Gasteiger partial charge is 0.328 e. The predicted octanol–water partition coefficient (Wildman–Crippen LogP) is 2.49. The van der Waals surface area contributed by atoms with Crippen molar-refractivity contribution in [2.24, 2.45) is 11.7 Å². The highest BCUT2D eigenvalue weighted by molar-refractivity contribution is 5.94. The second-order valence-corrected chi connectivity index (χ2v) is 6.48. The molecule has 1 saturated carbocycles. The van der Waals surface area contributed by atoms with Gasteiger partial charge in [0.25, 0.3) is 0 Å². The van der Waals surface area contributed by atoms with E-state index in [2.05, 4.69) is 10.6 Å². The fourth-order valence-electron chi connectivity index (χ4n) is 2.83. The minimum absolute atomic E-state index is 0. The van der Waals surface area contributed by atoms with Crippen molar-refractivity contribution in [2.75, 3.05) is 31.3 Å². The molecule has 0 bridgehead atoms. The molecule has 8 heteroatoms. The second kappa shape index (κ2) is 11.3. The Labute approximate surface area is 161 Å². The van der Waals surface area contributed by atoms with Crippen LogP contribution >= 0.6 is 24.8 Å². The van der Waals surface area contributed by atoms with Crippen molar-refractivity contribution in [3.63, 3.8) is 0 Å². The lowest BCUT2D eigenvalue weighted by molar-refractivity contribution is -0.121. The van der Waals surface area contributed by atoms with Gasteiger partial charge in [0.1, 0.15) is 0 Å². The van der Waals surface area contributed by atoms with Crippen molar-refractivity contribution in [3.8, 4) is 0 Å². The summed E-state index contributed by atoms with van der Waals surface area (Å²) in [5.74, 6) is -0.0363. The second-order valence-electron chi connectivity index (χ2n) is 6.48. The van der Waals surface area contributed by atoms with Gasteiger partial charge in [-0.1, -0.05) is 6.42 Å². The molecule has 1 aliphatic carbocycles. The van der Waals surface area contributed by atoms with Gasteiger partial charge >= 0.3 is 0 Å². The lowest BCUT2D eigenvalue weighted by Crippen LogP contribution is -2.34. The van der Waals surface area contributed by atoms with Crippen LogP contribution < -0.4 is 16.4 Å². The molecule has 2 rings (SSSR count). The van der Waals surface area contributed by atoms with Crippen LogP contribution in [0.3, 0.4) is 0 Å². The van der Waals surface area contributed by atoms with Crippen molar-refractivity contribution < 1.29 is 9.59 Å². The van der Waals surface area contributed by atoms with Crippen LogP contribution in [0.1, 0.15) is 25.7 Å². The fourth-order valence-corrected chi connectivity index (χ4v) is 2.83. The van der Waals surface area contributed by atoms with E-state index < -0.39 is 0 Å². The van der Waals surface area contributed by atoms with Crippen molar-refractivity contribution in [1.82, 2.24) is 4.90 Å². The summed E-state index contributed by atoms with van der Waals surface area (Å²) in [5, 5.41) is 5.74. The zero-order valence-electron chi connectivity index (χ0n) is 14.7. The topological polar surface area (TPSA) is 87.5 Å². The molecule has 1 aliphatic rings. The number of amides is 2. The molecule has 0 heterocycles. The van der Waals surface area contributed by atoms with Crippen molar-refractivity contribution in [2.45, 2.75) is 31.7 Å². The Morgan fingerprint density at radius 1 is 1.08 bits per heavy atom. The van der Waals surface area contributed by atoms with E-state index in [1.165, 1.54) is 0 Å². The lowest BCUT2D eigenvalue weighted by atomic mass is 9.85. The van der Waals surface area contributed by atoms with Crippen LogP contribution in [0.15, 0.2) is 24.3 Å². The maximum absolute atomic E-state index is 12.3. The molecule has 4 N–H and O–H groups in total. The van der Waals surface area contributed by atoms with Crippen LogP contribution in [-0.4, -0.2) is 43.4 Å². The van der Waals surface area contributed by atoms with E-state index >= 15 is 0 Å². The normalized spacial score (nSPS) is 19.4. The number of anilines is 2.